The average Bonchev–Trinajstić information content (AvgIpc) is 2.68. The molecular formula is C12H18O2. The molecule has 0 amide bonds. The third-order valence-corrected chi connectivity index (χ3v) is 4.69. The molecule has 0 aromatic rings. The zero-order valence-electron chi connectivity index (χ0n) is 8.74. The molecule has 3 saturated carbocycles. The number of ether oxygens (including phenoxy) is 1. The molecular weight excluding hydrogens is 176 g/mol. The van der Waals surface area contributed by atoms with Crippen LogP contribution in [-0.2, 0) is 9.53 Å². The Balaban J connectivity index is 1.73. The Hall–Kier alpha value is -0.530. The molecule has 2 nitrogen and oxygen atoms in total. The van der Waals surface area contributed by atoms with Crippen molar-refractivity contribution in [2.45, 2.75) is 45.1 Å². The van der Waals surface area contributed by atoms with Crippen molar-refractivity contribution in [2.75, 3.05) is 0 Å². The smallest absolute Gasteiger partial charge is 0.302 e. The van der Waals surface area contributed by atoms with Crippen molar-refractivity contribution >= 4 is 5.97 Å². The molecule has 3 aliphatic carbocycles. The first kappa shape index (κ1) is 8.75. The molecule has 0 aromatic heterocycles. The third kappa shape index (κ3) is 1.12. The highest BCUT2D eigenvalue weighted by Crippen LogP contribution is 2.59. The lowest BCUT2D eigenvalue weighted by Crippen LogP contribution is -2.31. The highest BCUT2D eigenvalue weighted by atomic mass is 16.5. The lowest BCUT2D eigenvalue weighted by molar-refractivity contribution is -0.150. The molecule has 0 unspecified atom stereocenters. The maximum atomic E-state index is 10.9. The van der Waals surface area contributed by atoms with E-state index in [1.807, 2.05) is 0 Å². The van der Waals surface area contributed by atoms with Crippen molar-refractivity contribution in [2.24, 2.45) is 23.7 Å². The van der Waals surface area contributed by atoms with Gasteiger partial charge in [0.25, 0.3) is 0 Å². The summed E-state index contributed by atoms with van der Waals surface area (Å²) >= 11 is 0. The predicted octanol–water partition coefficient (Wildman–Crippen LogP) is 2.37. The van der Waals surface area contributed by atoms with Gasteiger partial charge in [-0.15, -0.1) is 0 Å². The SMILES string of the molecule is CC(=O)O[C@@H]1C[C@@H]2C[C@H]1[C@@H]1CCC[C@H]21. The summed E-state index contributed by atoms with van der Waals surface area (Å²) in [6.45, 7) is 1.54. The maximum Gasteiger partial charge on any atom is 0.302 e. The predicted molar refractivity (Wildman–Crippen MR) is 52.6 cm³/mol. The second-order valence-corrected chi connectivity index (χ2v) is 5.30. The molecule has 0 N–H and O–H groups in total. The molecule has 0 spiro atoms. The van der Waals surface area contributed by atoms with Crippen LogP contribution >= 0.6 is 0 Å². The lowest BCUT2D eigenvalue weighted by Gasteiger charge is -2.30. The molecule has 14 heavy (non-hydrogen) atoms. The van der Waals surface area contributed by atoms with Crippen LogP contribution in [-0.4, -0.2) is 12.1 Å². The van der Waals surface area contributed by atoms with Gasteiger partial charge in [-0.1, -0.05) is 6.42 Å². The number of carbonyl (C=O) groups excluding carboxylic acids is 1. The summed E-state index contributed by atoms with van der Waals surface area (Å²) < 4.78 is 5.41. The Labute approximate surface area is 85.0 Å². The van der Waals surface area contributed by atoms with E-state index in [0.717, 1.165) is 30.1 Å². The monoisotopic (exact) mass is 194 g/mol. The van der Waals surface area contributed by atoms with Crippen molar-refractivity contribution in [3.8, 4) is 0 Å². The van der Waals surface area contributed by atoms with E-state index in [1.54, 1.807) is 0 Å². The molecule has 3 fully saturated rings. The molecule has 0 aliphatic heterocycles. The fourth-order valence-corrected chi connectivity index (χ4v) is 4.35. The van der Waals surface area contributed by atoms with Crippen LogP contribution in [0.25, 0.3) is 0 Å². The average molecular weight is 194 g/mol. The van der Waals surface area contributed by atoms with Gasteiger partial charge in [-0.3, -0.25) is 4.79 Å². The fourth-order valence-electron chi connectivity index (χ4n) is 4.35. The zero-order valence-corrected chi connectivity index (χ0v) is 8.74. The van der Waals surface area contributed by atoms with Gasteiger partial charge in [-0.2, -0.15) is 0 Å². The van der Waals surface area contributed by atoms with Gasteiger partial charge in [0.05, 0.1) is 0 Å². The minimum Gasteiger partial charge on any atom is -0.462 e. The quantitative estimate of drug-likeness (QED) is 0.599. The Morgan fingerprint density at radius 1 is 1.14 bits per heavy atom. The van der Waals surface area contributed by atoms with Gasteiger partial charge in [-0.25, -0.2) is 0 Å². The van der Waals surface area contributed by atoms with Crippen LogP contribution in [0, 0.1) is 23.7 Å². The number of carbonyl (C=O) groups is 1. The van der Waals surface area contributed by atoms with Crippen molar-refractivity contribution in [3.05, 3.63) is 0 Å². The van der Waals surface area contributed by atoms with E-state index in [-0.39, 0.29) is 12.1 Å². The first-order chi connectivity index (χ1) is 6.75. The summed E-state index contributed by atoms with van der Waals surface area (Å²) in [7, 11) is 0. The van der Waals surface area contributed by atoms with E-state index in [1.165, 1.54) is 32.6 Å². The van der Waals surface area contributed by atoms with Crippen LogP contribution in [0.4, 0.5) is 0 Å². The summed E-state index contributed by atoms with van der Waals surface area (Å²) in [5.41, 5.74) is 0. The van der Waals surface area contributed by atoms with E-state index in [4.69, 9.17) is 4.74 Å². The topological polar surface area (TPSA) is 26.3 Å². The molecule has 0 saturated heterocycles. The molecule has 3 aliphatic rings. The Kier molecular flexibility index (Phi) is 1.86. The molecule has 5 atom stereocenters. The van der Waals surface area contributed by atoms with E-state index >= 15 is 0 Å². The van der Waals surface area contributed by atoms with E-state index < -0.39 is 0 Å². The minimum atomic E-state index is -0.0860. The van der Waals surface area contributed by atoms with E-state index in [0.29, 0.717) is 0 Å². The molecule has 0 aromatic carbocycles. The van der Waals surface area contributed by atoms with Gasteiger partial charge in [0.1, 0.15) is 6.10 Å². The first-order valence-corrected chi connectivity index (χ1v) is 5.93. The molecule has 2 bridgehead atoms. The normalized spacial score (nSPS) is 49.4. The van der Waals surface area contributed by atoms with Gasteiger partial charge in [0, 0.05) is 6.92 Å². The Morgan fingerprint density at radius 3 is 2.71 bits per heavy atom. The number of rotatable bonds is 1. The Morgan fingerprint density at radius 2 is 1.93 bits per heavy atom. The van der Waals surface area contributed by atoms with E-state index in [9.17, 15) is 4.79 Å². The van der Waals surface area contributed by atoms with Crippen molar-refractivity contribution in [1.82, 2.24) is 0 Å². The third-order valence-electron chi connectivity index (χ3n) is 4.69. The second-order valence-electron chi connectivity index (χ2n) is 5.30. The second kappa shape index (κ2) is 2.98. The summed E-state index contributed by atoms with van der Waals surface area (Å²) in [4.78, 5) is 10.9. The van der Waals surface area contributed by atoms with Gasteiger partial charge in [-0.05, 0) is 49.4 Å². The number of hydrogen-bond donors (Lipinski definition) is 0. The Bertz CT molecular complexity index is 261. The van der Waals surface area contributed by atoms with Crippen molar-refractivity contribution < 1.29 is 9.53 Å². The van der Waals surface area contributed by atoms with Crippen molar-refractivity contribution in [3.63, 3.8) is 0 Å². The summed E-state index contributed by atoms with van der Waals surface area (Å²) in [6.07, 6.45) is 7.02. The van der Waals surface area contributed by atoms with Crippen LogP contribution in [0.3, 0.4) is 0 Å². The zero-order chi connectivity index (χ0) is 9.71. The van der Waals surface area contributed by atoms with Crippen LogP contribution in [0.1, 0.15) is 39.0 Å². The first-order valence-electron chi connectivity index (χ1n) is 5.93. The van der Waals surface area contributed by atoms with Gasteiger partial charge >= 0.3 is 5.97 Å². The summed E-state index contributed by atoms with van der Waals surface area (Å²) in [6, 6.07) is 0. The van der Waals surface area contributed by atoms with Crippen LogP contribution in [0.2, 0.25) is 0 Å². The molecule has 2 heteroatoms. The van der Waals surface area contributed by atoms with Crippen LogP contribution in [0.5, 0.6) is 0 Å². The molecule has 0 heterocycles. The lowest BCUT2D eigenvalue weighted by atomic mass is 9.80. The largest absolute Gasteiger partial charge is 0.462 e. The van der Waals surface area contributed by atoms with Crippen LogP contribution in [0.15, 0.2) is 0 Å². The summed E-state index contributed by atoms with van der Waals surface area (Å²) in [5.74, 6) is 3.41. The summed E-state index contributed by atoms with van der Waals surface area (Å²) in [5, 5.41) is 0. The minimum absolute atomic E-state index is 0.0860. The number of fused-ring (bicyclic) bond motifs is 5. The highest BCUT2D eigenvalue weighted by molar-refractivity contribution is 5.66. The standard InChI is InChI=1S/C12H18O2/c1-7(13)14-12-6-8-5-11(12)10-4-2-3-9(8)10/h8-12H,2-6H2,1H3/t8-,9+,10+,11-,12+/m0/s1. The molecule has 3 rings (SSSR count). The fraction of sp³-hybridized carbons (Fsp3) is 0.917. The number of hydrogen-bond acceptors (Lipinski definition) is 2. The van der Waals surface area contributed by atoms with Gasteiger partial charge < -0.3 is 4.74 Å². The molecule has 0 radical (unpaired) electrons. The van der Waals surface area contributed by atoms with Crippen LogP contribution < -0.4 is 0 Å². The molecule has 78 valence electrons. The maximum absolute atomic E-state index is 10.9. The highest BCUT2D eigenvalue weighted by Gasteiger charge is 2.54. The van der Waals surface area contributed by atoms with Gasteiger partial charge in [0.15, 0.2) is 0 Å². The van der Waals surface area contributed by atoms with Crippen molar-refractivity contribution in [1.29, 1.82) is 0 Å². The van der Waals surface area contributed by atoms with E-state index in [2.05, 4.69) is 0 Å². The van der Waals surface area contributed by atoms with Gasteiger partial charge in [0.2, 0.25) is 0 Å². The number of esters is 1.